The standard InChI is InChI=1S/C21H23F3N2O3S/c1-26(18-8-3-2-4-9-18)20(27)15-10-12-19(13-11-15)30(28,29)25-17-7-5-6-16(14-17)21(22,23)24/h5-7,10-14,18,25H,2-4,8-9H2,1H3. The molecule has 1 amide bonds. The summed E-state index contributed by atoms with van der Waals surface area (Å²) in [4.78, 5) is 14.2. The van der Waals surface area contributed by atoms with E-state index in [1.54, 1.807) is 11.9 Å². The van der Waals surface area contributed by atoms with Crippen LogP contribution in [0.3, 0.4) is 0 Å². The van der Waals surface area contributed by atoms with E-state index in [1.165, 1.54) is 36.8 Å². The van der Waals surface area contributed by atoms with Gasteiger partial charge in [0, 0.05) is 24.3 Å². The minimum atomic E-state index is -4.58. The average molecular weight is 440 g/mol. The number of nitrogens with zero attached hydrogens (tertiary/aromatic N) is 1. The second-order valence-electron chi connectivity index (χ2n) is 7.42. The number of carbonyl (C=O) groups is 1. The molecular weight excluding hydrogens is 417 g/mol. The van der Waals surface area contributed by atoms with Gasteiger partial charge in [0.25, 0.3) is 15.9 Å². The normalized spacial score (nSPS) is 15.6. The van der Waals surface area contributed by atoms with Crippen molar-refractivity contribution in [1.82, 2.24) is 4.90 Å². The highest BCUT2D eigenvalue weighted by molar-refractivity contribution is 7.92. The summed E-state index contributed by atoms with van der Waals surface area (Å²) in [5.41, 5.74) is -0.780. The van der Waals surface area contributed by atoms with Gasteiger partial charge in [0.15, 0.2) is 0 Å². The molecule has 1 N–H and O–H groups in total. The van der Waals surface area contributed by atoms with E-state index in [0.717, 1.165) is 43.9 Å². The Hall–Kier alpha value is -2.55. The quantitative estimate of drug-likeness (QED) is 0.718. The Morgan fingerprint density at radius 1 is 1.03 bits per heavy atom. The van der Waals surface area contributed by atoms with E-state index >= 15 is 0 Å². The van der Waals surface area contributed by atoms with Crippen LogP contribution in [0.25, 0.3) is 0 Å². The molecule has 2 aromatic carbocycles. The summed E-state index contributed by atoms with van der Waals surface area (Å²) in [6, 6.07) is 9.53. The predicted molar refractivity (Wildman–Crippen MR) is 108 cm³/mol. The van der Waals surface area contributed by atoms with E-state index in [1.807, 2.05) is 0 Å². The molecule has 30 heavy (non-hydrogen) atoms. The van der Waals surface area contributed by atoms with Crippen molar-refractivity contribution in [2.45, 2.75) is 49.2 Å². The van der Waals surface area contributed by atoms with Gasteiger partial charge in [0.05, 0.1) is 10.5 Å². The maximum atomic E-state index is 12.8. The van der Waals surface area contributed by atoms with Crippen LogP contribution in [0.2, 0.25) is 0 Å². The van der Waals surface area contributed by atoms with Crippen LogP contribution in [0.4, 0.5) is 18.9 Å². The summed E-state index contributed by atoms with van der Waals surface area (Å²) in [6.45, 7) is 0. The number of hydrogen-bond acceptors (Lipinski definition) is 3. The molecule has 0 bridgehead atoms. The van der Waals surface area contributed by atoms with Crippen LogP contribution in [0.15, 0.2) is 53.4 Å². The summed E-state index contributed by atoms with van der Waals surface area (Å²) in [6.07, 6.45) is 0.671. The van der Waals surface area contributed by atoms with Crippen LogP contribution in [-0.4, -0.2) is 32.3 Å². The summed E-state index contributed by atoms with van der Waals surface area (Å²) in [5, 5.41) is 0. The van der Waals surface area contributed by atoms with Gasteiger partial charge in [-0.25, -0.2) is 8.42 Å². The van der Waals surface area contributed by atoms with Gasteiger partial charge in [0.2, 0.25) is 0 Å². The molecule has 1 fully saturated rings. The molecule has 0 unspecified atom stereocenters. The lowest BCUT2D eigenvalue weighted by Crippen LogP contribution is -2.38. The van der Waals surface area contributed by atoms with E-state index in [0.29, 0.717) is 5.56 Å². The highest BCUT2D eigenvalue weighted by atomic mass is 32.2. The molecule has 0 radical (unpaired) electrons. The van der Waals surface area contributed by atoms with Crippen LogP contribution >= 0.6 is 0 Å². The molecule has 0 saturated heterocycles. The van der Waals surface area contributed by atoms with Gasteiger partial charge < -0.3 is 4.90 Å². The Kier molecular flexibility index (Phi) is 6.40. The number of nitrogens with one attached hydrogen (secondary N) is 1. The SMILES string of the molecule is CN(C(=O)c1ccc(S(=O)(=O)Nc2cccc(C(F)(F)F)c2)cc1)C1CCCCC1. The third-order valence-corrected chi connectivity index (χ3v) is 6.69. The van der Waals surface area contributed by atoms with Crippen molar-refractivity contribution >= 4 is 21.6 Å². The molecule has 1 aliphatic rings. The zero-order chi connectivity index (χ0) is 21.9. The van der Waals surface area contributed by atoms with Crippen LogP contribution in [0, 0.1) is 0 Å². The van der Waals surface area contributed by atoms with Crippen molar-refractivity contribution in [3.63, 3.8) is 0 Å². The first-order chi connectivity index (χ1) is 14.1. The highest BCUT2D eigenvalue weighted by Crippen LogP contribution is 2.31. The lowest BCUT2D eigenvalue weighted by molar-refractivity contribution is -0.137. The number of alkyl halides is 3. The van der Waals surface area contributed by atoms with Crippen molar-refractivity contribution < 1.29 is 26.4 Å². The molecule has 2 aromatic rings. The van der Waals surface area contributed by atoms with Crippen molar-refractivity contribution in [2.24, 2.45) is 0 Å². The van der Waals surface area contributed by atoms with Gasteiger partial charge in [-0.3, -0.25) is 9.52 Å². The Labute approximate surface area is 173 Å². The predicted octanol–water partition coefficient (Wildman–Crippen LogP) is 4.91. The van der Waals surface area contributed by atoms with Crippen molar-refractivity contribution in [2.75, 3.05) is 11.8 Å². The lowest BCUT2D eigenvalue weighted by atomic mass is 9.94. The number of halogens is 3. The largest absolute Gasteiger partial charge is 0.416 e. The Balaban J connectivity index is 1.74. The molecule has 0 atom stereocenters. The van der Waals surface area contributed by atoms with Crippen molar-refractivity contribution in [1.29, 1.82) is 0 Å². The van der Waals surface area contributed by atoms with Crippen molar-refractivity contribution in [3.8, 4) is 0 Å². The molecule has 3 rings (SSSR count). The maximum absolute atomic E-state index is 12.8. The Morgan fingerprint density at radius 2 is 1.67 bits per heavy atom. The fourth-order valence-corrected chi connectivity index (χ4v) is 4.64. The van der Waals surface area contributed by atoms with E-state index in [-0.39, 0.29) is 22.5 Å². The minimum absolute atomic E-state index is 0.142. The molecule has 0 spiro atoms. The second-order valence-corrected chi connectivity index (χ2v) is 9.10. The lowest BCUT2D eigenvalue weighted by Gasteiger charge is -2.31. The van der Waals surface area contributed by atoms with Crippen LogP contribution < -0.4 is 4.72 Å². The number of carbonyl (C=O) groups excluding carboxylic acids is 1. The third kappa shape index (κ3) is 5.13. The number of benzene rings is 2. The molecule has 1 aliphatic carbocycles. The van der Waals surface area contributed by atoms with Gasteiger partial charge in [0.1, 0.15) is 0 Å². The zero-order valence-electron chi connectivity index (χ0n) is 16.4. The van der Waals surface area contributed by atoms with Gasteiger partial charge >= 0.3 is 6.18 Å². The fourth-order valence-electron chi connectivity index (χ4n) is 3.59. The number of amides is 1. The number of hydrogen-bond donors (Lipinski definition) is 1. The van der Waals surface area contributed by atoms with E-state index < -0.39 is 21.8 Å². The Bertz CT molecular complexity index is 999. The van der Waals surface area contributed by atoms with E-state index in [4.69, 9.17) is 0 Å². The van der Waals surface area contributed by atoms with Gasteiger partial charge in [-0.15, -0.1) is 0 Å². The monoisotopic (exact) mass is 440 g/mol. The van der Waals surface area contributed by atoms with Gasteiger partial charge in [-0.2, -0.15) is 13.2 Å². The van der Waals surface area contributed by atoms with E-state index in [2.05, 4.69) is 4.72 Å². The summed E-state index contributed by atoms with van der Waals surface area (Å²) < 4.78 is 65.7. The number of anilines is 1. The second kappa shape index (κ2) is 8.67. The van der Waals surface area contributed by atoms with Crippen LogP contribution in [0.1, 0.15) is 48.0 Å². The first-order valence-corrected chi connectivity index (χ1v) is 11.1. The molecule has 162 valence electrons. The van der Waals surface area contributed by atoms with Gasteiger partial charge in [-0.1, -0.05) is 25.3 Å². The highest BCUT2D eigenvalue weighted by Gasteiger charge is 2.31. The first-order valence-electron chi connectivity index (χ1n) is 9.65. The molecule has 0 heterocycles. The summed E-state index contributed by atoms with van der Waals surface area (Å²) in [7, 11) is -2.35. The summed E-state index contributed by atoms with van der Waals surface area (Å²) in [5.74, 6) is -0.184. The molecular formula is C21H23F3N2O3S. The minimum Gasteiger partial charge on any atom is -0.339 e. The summed E-state index contributed by atoms with van der Waals surface area (Å²) >= 11 is 0. The molecule has 0 aromatic heterocycles. The van der Waals surface area contributed by atoms with E-state index in [9.17, 15) is 26.4 Å². The molecule has 1 saturated carbocycles. The van der Waals surface area contributed by atoms with Crippen LogP contribution in [-0.2, 0) is 16.2 Å². The third-order valence-electron chi connectivity index (χ3n) is 5.30. The smallest absolute Gasteiger partial charge is 0.339 e. The number of rotatable bonds is 5. The topological polar surface area (TPSA) is 66.5 Å². The molecule has 9 heteroatoms. The first kappa shape index (κ1) is 22.1. The van der Waals surface area contributed by atoms with Crippen LogP contribution in [0.5, 0.6) is 0 Å². The molecule has 0 aliphatic heterocycles. The van der Waals surface area contributed by atoms with Gasteiger partial charge in [-0.05, 0) is 55.3 Å². The average Bonchev–Trinajstić information content (AvgIpc) is 2.72. The molecule has 5 nitrogen and oxygen atoms in total. The zero-order valence-corrected chi connectivity index (χ0v) is 17.3. The van der Waals surface area contributed by atoms with Crippen molar-refractivity contribution in [3.05, 3.63) is 59.7 Å². The maximum Gasteiger partial charge on any atom is 0.416 e. The fraction of sp³-hybridized carbons (Fsp3) is 0.381. The Morgan fingerprint density at radius 3 is 2.27 bits per heavy atom. The number of sulfonamides is 1.